The fourth-order valence-electron chi connectivity index (χ4n) is 3.38. The van der Waals surface area contributed by atoms with E-state index in [2.05, 4.69) is 15.7 Å². The molecule has 0 atom stereocenters. The molecule has 7 heteroatoms. The van der Waals surface area contributed by atoms with E-state index in [1.165, 1.54) is 5.01 Å². The summed E-state index contributed by atoms with van der Waals surface area (Å²) in [6.45, 7) is 0.906. The van der Waals surface area contributed by atoms with Crippen molar-refractivity contribution in [1.29, 1.82) is 0 Å². The summed E-state index contributed by atoms with van der Waals surface area (Å²) < 4.78 is 0. The fraction of sp³-hybridized carbons (Fsp3) is 0.333. The van der Waals surface area contributed by atoms with Crippen molar-refractivity contribution in [1.82, 2.24) is 15.6 Å². The summed E-state index contributed by atoms with van der Waals surface area (Å²) in [4.78, 5) is 36.5. The third-order valence-electron chi connectivity index (χ3n) is 5.38. The summed E-state index contributed by atoms with van der Waals surface area (Å²) >= 11 is 0. The van der Waals surface area contributed by atoms with Gasteiger partial charge in [-0.1, -0.05) is 42.5 Å². The minimum absolute atomic E-state index is 0.0587. The van der Waals surface area contributed by atoms with Crippen molar-refractivity contribution in [2.45, 2.75) is 44.7 Å². The highest BCUT2D eigenvalue weighted by molar-refractivity contribution is 6.02. The highest BCUT2D eigenvalue weighted by Crippen LogP contribution is 2.19. The number of nitrogens with one attached hydrogen (secondary N) is 2. The molecule has 2 aromatic rings. The number of hydrogen-bond donors (Lipinski definition) is 2. The predicted molar refractivity (Wildman–Crippen MR) is 117 cm³/mol. The summed E-state index contributed by atoms with van der Waals surface area (Å²) in [6.07, 6.45) is 3.06. The molecule has 0 aromatic heterocycles. The highest BCUT2D eigenvalue weighted by atomic mass is 16.2. The van der Waals surface area contributed by atoms with E-state index in [0.29, 0.717) is 24.7 Å². The van der Waals surface area contributed by atoms with Crippen molar-refractivity contribution in [3.05, 3.63) is 71.3 Å². The molecule has 3 amide bonds. The minimum Gasteiger partial charge on any atom is -0.352 e. The van der Waals surface area contributed by atoms with Crippen LogP contribution in [0.1, 0.15) is 53.6 Å². The molecule has 7 nitrogen and oxygen atoms in total. The van der Waals surface area contributed by atoms with Gasteiger partial charge in [0.1, 0.15) is 0 Å². The second-order valence-corrected chi connectivity index (χ2v) is 7.90. The lowest BCUT2D eigenvalue weighted by atomic mass is 10.1. The first kappa shape index (κ1) is 20.8. The number of carbonyl (C=O) groups excluding carboxylic acids is 3. The van der Waals surface area contributed by atoms with E-state index in [1.807, 2.05) is 42.5 Å². The van der Waals surface area contributed by atoms with E-state index in [1.54, 1.807) is 12.1 Å². The smallest absolute Gasteiger partial charge is 0.251 e. The van der Waals surface area contributed by atoms with E-state index in [-0.39, 0.29) is 30.6 Å². The van der Waals surface area contributed by atoms with Crippen LogP contribution < -0.4 is 10.6 Å². The molecule has 2 aliphatic rings. The number of benzene rings is 2. The first-order valence-electron chi connectivity index (χ1n) is 10.7. The zero-order valence-corrected chi connectivity index (χ0v) is 17.3. The van der Waals surface area contributed by atoms with Gasteiger partial charge in [0.2, 0.25) is 11.8 Å². The van der Waals surface area contributed by atoms with Gasteiger partial charge in [0.25, 0.3) is 5.91 Å². The molecule has 160 valence electrons. The Morgan fingerprint density at radius 3 is 2.42 bits per heavy atom. The number of carbonyl (C=O) groups is 3. The summed E-state index contributed by atoms with van der Waals surface area (Å²) in [5, 5.41) is 11.6. The Bertz CT molecular complexity index is 982. The lowest BCUT2D eigenvalue weighted by Gasteiger charge is -2.11. The molecule has 1 aliphatic carbocycles. The van der Waals surface area contributed by atoms with Gasteiger partial charge in [0.05, 0.1) is 12.3 Å². The summed E-state index contributed by atoms with van der Waals surface area (Å²) in [7, 11) is 0. The quantitative estimate of drug-likeness (QED) is 0.690. The summed E-state index contributed by atoms with van der Waals surface area (Å²) in [5.74, 6) is -0.390. The number of rotatable bonds is 8. The maximum absolute atomic E-state index is 12.4. The van der Waals surface area contributed by atoms with Crippen molar-refractivity contribution in [3.8, 4) is 0 Å². The van der Waals surface area contributed by atoms with Gasteiger partial charge in [-0.05, 0) is 36.1 Å². The minimum atomic E-state index is -0.185. The van der Waals surface area contributed by atoms with Gasteiger partial charge in [0, 0.05) is 37.4 Å². The van der Waals surface area contributed by atoms with Crippen molar-refractivity contribution in [3.63, 3.8) is 0 Å². The van der Waals surface area contributed by atoms with Crippen molar-refractivity contribution < 1.29 is 14.4 Å². The predicted octanol–water partition coefficient (Wildman–Crippen LogP) is 2.61. The van der Waals surface area contributed by atoms with Crippen molar-refractivity contribution in [2.75, 3.05) is 6.54 Å². The maximum atomic E-state index is 12.4. The molecule has 1 fully saturated rings. The molecule has 0 unspecified atom stereocenters. The maximum Gasteiger partial charge on any atom is 0.251 e. The normalized spacial score (nSPS) is 15.4. The molecule has 4 rings (SSSR count). The topological polar surface area (TPSA) is 90.9 Å². The largest absolute Gasteiger partial charge is 0.352 e. The number of hydrazone groups is 1. The third kappa shape index (κ3) is 5.78. The van der Waals surface area contributed by atoms with E-state index in [4.69, 9.17) is 0 Å². The average molecular weight is 418 g/mol. The lowest BCUT2D eigenvalue weighted by Crippen LogP contribution is -2.27. The number of nitrogens with zero attached hydrogens (tertiary/aromatic N) is 2. The Morgan fingerprint density at radius 1 is 0.968 bits per heavy atom. The molecule has 0 radical (unpaired) electrons. The summed E-state index contributed by atoms with van der Waals surface area (Å²) in [5.41, 5.74) is 3.44. The first-order valence-corrected chi connectivity index (χ1v) is 10.7. The Kier molecular flexibility index (Phi) is 6.40. The monoisotopic (exact) mass is 418 g/mol. The van der Waals surface area contributed by atoms with Crippen LogP contribution in [0.4, 0.5) is 0 Å². The van der Waals surface area contributed by atoms with E-state index in [9.17, 15) is 14.4 Å². The van der Waals surface area contributed by atoms with Crippen LogP contribution >= 0.6 is 0 Å². The van der Waals surface area contributed by atoms with E-state index < -0.39 is 0 Å². The van der Waals surface area contributed by atoms with Crippen molar-refractivity contribution >= 4 is 23.4 Å². The van der Waals surface area contributed by atoms with Gasteiger partial charge in [-0.3, -0.25) is 14.4 Å². The van der Waals surface area contributed by atoms with Gasteiger partial charge in [-0.25, -0.2) is 5.01 Å². The molecule has 1 aliphatic heterocycles. The van der Waals surface area contributed by atoms with E-state index >= 15 is 0 Å². The molecule has 0 spiro atoms. The first-order chi connectivity index (χ1) is 15.1. The van der Waals surface area contributed by atoms with Gasteiger partial charge >= 0.3 is 0 Å². The van der Waals surface area contributed by atoms with Gasteiger partial charge < -0.3 is 10.6 Å². The van der Waals surface area contributed by atoms with Gasteiger partial charge in [-0.15, -0.1) is 0 Å². The van der Waals surface area contributed by atoms with Crippen LogP contribution in [0.5, 0.6) is 0 Å². The molecule has 2 aromatic carbocycles. The molecule has 0 saturated heterocycles. The Hall–Kier alpha value is -3.48. The molecule has 2 N–H and O–H groups in total. The van der Waals surface area contributed by atoms with Gasteiger partial charge in [-0.2, -0.15) is 5.10 Å². The van der Waals surface area contributed by atoms with Crippen molar-refractivity contribution in [2.24, 2.45) is 5.10 Å². The van der Waals surface area contributed by atoms with E-state index in [0.717, 1.165) is 36.1 Å². The zero-order chi connectivity index (χ0) is 21.6. The lowest BCUT2D eigenvalue weighted by molar-refractivity contribution is -0.133. The highest BCUT2D eigenvalue weighted by Gasteiger charge is 2.24. The van der Waals surface area contributed by atoms with Gasteiger partial charge in [0.15, 0.2) is 0 Å². The number of amides is 3. The molecule has 1 saturated carbocycles. The van der Waals surface area contributed by atoms with Crippen LogP contribution in [0.3, 0.4) is 0 Å². The Morgan fingerprint density at radius 2 is 1.71 bits per heavy atom. The van der Waals surface area contributed by atoms with Crippen LogP contribution in [0.15, 0.2) is 59.7 Å². The second-order valence-electron chi connectivity index (χ2n) is 7.90. The molecule has 31 heavy (non-hydrogen) atoms. The van der Waals surface area contributed by atoms with Crippen LogP contribution in [-0.4, -0.2) is 41.0 Å². The summed E-state index contributed by atoms with van der Waals surface area (Å²) in [6, 6.07) is 17.3. The standard InChI is InChI=1S/C24H26N4O3/c29-22(25-16-17-6-8-19(9-7-17)24(31)26-20-10-11-20)12-13-23(30)28-15-14-21(27-28)18-4-2-1-3-5-18/h1-9,20H,10-16H2,(H,25,29)(H,26,31). The second kappa shape index (κ2) is 9.55. The third-order valence-corrected chi connectivity index (χ3v) is 5.38. The van der Waals surface area contributed by atoms with Crippen LogP contribution in [0, 0.1) is 0 Å². The zero-order valence-electron chi connectivity index (χ0n) is 17.3. The molecular weight excluding hydrogens is 392 g/mol. The Balaban J connectivity index is 1.19. The van der Waals surface area contributed by atoms with Crippen LogP contribution in [-0.2, 0) is 16.1 Å². The average Bonchev–Trinajstić information content (AvgIpc) is 3.47. The van der Waals surface area contributed by atoms with Crippen LogP contribution in [0.2, 0.25) is 0 Å². The molecule has 1 heterocycles. The fourth-order valence-corrected chi connectivity index (χ4v) is 3.38. The molecule has 0 bridgehead atoms. The Labute approximate surface area is 181 Å². The van der Waals surface area contributed by atoms with Crippen LogP contribution in [0.25, 0.3) is 0 Å². The molecular formula is C24H26N4O3. The SMILES string of the molecule is O=C(CCC(=O)N1CCC(c2ccccc2)=N1)NCc1ccc(C(=O)NC2CC2)cc1. The number of hydrogen-bond acceptors (Lipinski definition) is 4.